The van der Waals surface area contributed by atoms with Gasteiger partial charge < -0.3 is 124 Å². The van der Waals surface area contributed by atoms with Crippen LogP contribution in [0, 0.1) is 0 Å². The molecule has 0 aromatic rings. The summed E-state index contributed by atoms with van der Waals surface area (Å²) in [7, 11) is 0. The van der Waals surface area contributed by atoms with Crippen molar-refractivity contribution < 1.29 is 211 Å². The van der Waals surface area contributed by atoms with Crippen LogP contribution in [0.3, 0.4) is 0 Å². The summed E-state index contributed by atoms with van der Waals surface area (Å²) in [6, 6.07) is 0. The molecule has 0 radical (unpaired) electrons. The van der Waals surface area contributed by atoms with E-state index in [2.05, 4.69) is 0 Å². The number of hydrogen-bond acceptors (Lipinski definition) is 12. The molecule has 0 aliphatic rings. The summed E-state index contributed by atoms with van der Waals surface area (Å²) in [4.78, 5) is 103. The summed E-state index contributed by atoms with van der Waals surface area (Å²) in [5.41, 5.74) is 0. The minimum atomic E-state index is -1.83. The monoisotopic (exact) mass is 768 g/mol. The van der Waals surface area contributed by atoms with Crippen LogP contribution in [0.2, 0.25) is 0 Å². The third-order valence-corrected chi connectivity index (χ3v) is 0. The molecule has 0 aromatic heterocycles. The van der Waals surface area contributed by atoms with Gasteiger partial charge in [-0.3, -0.25) is 0 Å². The maximum Gasteiger partial charge on any atom is 1.00 e. The zero-order valence-electron chi connectivity index (χ0n) is 23.6. The number of carbonyl (C=O) groups is 12. The van der Waals surface area contributed by atoms with Crippen molar-refractivity contribution in [3.63, 3.8) is 0 Å². The molecule has 24 N–H and O–H groups in total. The Morgan fingerprint density at radius 2 is 0.163 bits per heavy atom. The Morgan fingerprint density at radius 1 is 0.163 bits per heavy atom. The van der Waals surface area contributed by atoms with Gasteiger partial charge in [0, 0.05) is 0 Å². The fraction of sp³-hybridized carbons (Fsp3) is 0. The van der Waals surface area contributed by atoms with E-state index in [9.17, 15) is 0 Å². The molecular formula is C12H25NaO36. The molecule has 36 nitrogen and oxygen atoms in total. The number of hydrogen-bond donors (Lipinski definition) is 24. The van der Waals surface area contributed by atoms with Crippen LogP contribution in [0.25, 0.3) is 0 Å². The van der Waals surface area contributed by atoms with Crippen molar-refractivity contribution >= 4 is 73.9 Å². The largest absolute Gasteiger partial charge is 1.00 e. The predicted molar refractivity (Wildman–Crippen MR) is 129 cm³/mol. The summed E-state index contributed by atoms with van der Waals surface area (Å²) >= 11 is 0. The third kappa shape index (κ3) is 977. The van der Waals surface area contributed by atoms with E-state index >= 15 is 0 Å². The van der Waals surface area contributed by atoms with Crippen LogP contribution in [0.1, 0.15) is 1.43 Å². The summed E-state index contributed by atoms with van der Waals surface area (Å²) in [5.74, 6) is 0. The van der Waals surface area contributed by atoms with Gasteiger partial charge in [0.05, 0.1) is 0 Å². The predicted octanol–water partition coefficient (Wildman–Crippen LogP) is -0.215. The minimum Gasteiger partial charge on any atom is -1.00 e. The first-order valence-electron chi connectivity index (χ1n) is 7.82. The van der Waals surface area contributed by atoms with Gasteiger partial charge in [0.1, 0.15) is 0 Å². The molecule has 0 amide bonds. The zero-order valence-corrected chi connectivity index (χ0v) is 24.6. The SMILES string of the molecule is O=C(O)O.O=C(O)O.O=C(O)O.O=C(O)O.O=C(O)O.O=C(O)O.O=C(O)O.O=C(O)O.O=C(O)O.O=C(O)O.O=C(O)O.O=C(O)O.[H-].[Na+]. The van der Waals surface area contributed by atoms with E-state index in [-0.39, 0.29) is 31.0 Å². The summed E-state index contributed by atoms with van der Waals surface area (Å²) in [5, 5.41) is 167. The molecule has 0 spiro atoms. The van der Waals surface area contributed by atoms with Gasteiger partial charge in [-0.15, -0.1) is 0 Å². The summed E-state index contributed by atoms with van der Waals surface area (Å²) in [6.07, 6.45) is -22.0. The Balaban J connectivity index is -0.0000000235. The molecule has 37 heteroatoms. The van der Waals surface area contributed by atoms with Gasteiger partial charge >= 0.3 is 103 Å². The van der Waals surface area contributed by atoms with Crippen LogP contribution in [-0.4, -0.2) is 196 Å². The van der Waals surface area contributed by atoms with Gasteiger partial charge in [0.2, 0.25) is 0 Å². The second-order valence-electron chi connectivity index (χ2n) is 3.39. The van der Waals surface area contributed by atoms with Crippen LogP contribution < -0.4 is 29.6 Å². The smallest absolute Gasteiger partial charge is 1.00 e. The maximum atomic E-state index is 8.56. The molecule has 0 unspecified atom stereocenters. The standard InChI is InChI=1S/12CH2O3.Na.H/c12*2-1(3)4;;/h12*(H2,2,3,4);;/q;;;;;;;;;;;;+1;-1. The summed E-state index contributed by atoms with van der Waals surface area (Å²) < 4.78 is 0. The average Bonchev–Trinajstić information content (AvgIpc) is 2.61. The van der Waals surface area contributed by atoms with Crippen LogP contribution in [0.5, 0.6) is 0 Å². The zero-order chi connectivity index (χ0) is 42.9. The van der Waals surface area contributed by atoms with Crippen LogP contribution in [0.15, 0.2) is 0 Å². The van der Waals surface area contributed by atoms with Gasteiger partial charge in [-0.05, 0) is 0 Å². The van der Waals surface area contributed by atoms with Gasteiger partial charge in [0.15, 0.2) is 0 Å². The number of carboxylic acid groups (broad SMARTS) is 24. The fourth-order valence-electron chi connectivity index (χ4n) is 0. The second kappa shape index (κ2) is 77.7. The quantitative estimate of drug-likeness (QED) is 0.142. The van der Waals surface area contributed by atoms with Crippen molar-refractivity contribution in [2.45, 2.75) is 0 Å². The summed E-state index contributed by atoms with van der Waals surface area (Å²) in [6.45, 7) is 0. The average molecular weight is 768 g/mol. The molecule has 0 bridgehead atoms. The van der Waals surface area contributed by atoms with Gasteiger partial charge in [-0.25, -0.2) is 57.5 Å². The molecule has 0 heterocycles. The Morgan fingerprint density at radius 3 is 0.163 bits per heavy atom. The second-order valence-corrected chi connectivity index (χ2v) is 3.39. The van der Waals surface area contributed by atoms with Crippen LogP contribution >= 0.6 is 0 Å². The Labute approximate surface area is 285 Å². The Hall–Kier alpha value is -7.76. The van der Waals surface area contributed by atoms with E-state index in [4.69, 9.17) is 180 Å². The molecule has 0 saturated carbocycles. The van der Waals surface area contributed by atoms with Crippen LogP contribution in [0.4, 0.5) is 57.5 Å². The van der Waals surface area contributed by atoms with Crippen molar-refractivity contribution in [1.29, 1.82) is 0 Å². The van der Waals surface area contributed by atoms with E-state index < -0.39 is 73.9 Å². The Bertz CT molecular complexity index is 587. The maximum absolute atomic E-state index is 8.56. The van der Waals surface area contributed by atoms with Gasteiger partial charge in [-0.2, -0.15) is 0 Å². The number of rotatable bonds is 0. The molecule has 0 fully saturated rings. The first kappa shape index (κ1) is 83.7. The van der Waals surface area contributed by atoms with Gasteiger partial charge in [0.25, 0.3) is 0 Å². The Kier molecular flexibility index (Phi) is 133. The molecule has 290 valence electrons. The van der Waals surface area contributed by atoms with E-state index in [0.717, 1.165) is 0 Å². The van der Waals surface area contributed by atoms with Crippen molar-refractivity contribution in [2.75, 3.05) is 0 Å². The van der Waals surface area contributed by atoms with Crippen molar-refractivity contribution in [3.05, 3.63) is 0 Å². The van der Waals surface area contributed by atoms with Crippen molar-refractivity contribution in [3.8, 4) is 0 Å². The fourth-order valence-corrected chi connectivity index (χ4v) is 0. The van der Waals surface area contributed by atoms with Crippen molar-refractivity contribution in [2.24, 2.45) is 0 Å². The van der Waals surface area contributed by atoms with Crippen LogP contribution in [-0.2, 0) is 0 Å². The third-order valence-electron chi connectivity index (χ3n) is 0. The van der Waals surface area contributed by atoms with E-state index in [1.807, 2.05) is 0 Å². The first-order chi connectivity index (χ1) is 20.8. The topological polar surface area (TPSA) is 690 Å². The molecule has 0 aliphatic heterocycles. The van der Waals surface area contributed by atoms with Gasteiger partial charge in [-0.1, -0.05) is 0 Å². The normalized spacial score (nSPS) is 5.88. The van der Waals surface area contributed by atoms with E-state index in [0.29, 0.717) is 0 Å². The molecule has 0 rings (SSSR count). The first-order valence-corrected chi connectivity index (χ1v) is 7.82. The molecule has 49 heavy (non-hydrogen) atoms. The van der Waals surface area contributed by atoms with E-state index in [1.54, 1.807) is 0 Å². The molecule has 0 aliphatic carbocycles. The molecular weight excluding hydrogens is 743 g/mol. The van der Waals surface area contributed by atoms with Crippen molar-refractivity contribution in [1.82, 2.24) is 0 Å². The molecule has 0 saturated heterocycles. The van der Waals surface area contributed by atoms with E-state index in [1.165, 1.54) is 0 Å². The molecule has 0 atom stereocenters. The minimum absolute atomic E-state index is 0. The molecule has 0 aromatic carbocycles.